The van der Waals surface area contributed by atoms with Crippen molar-refractivity contribution < 1.29 is 4.39 Å². The summed E-state index contributed by atoms with van der Waals surface area (Å²) in [6, 6.07) is 15.4. The van der Waals surface area contributed by atoms with Crippen molar-refractivity contribution in [2.45, 2.75) is 32.9 Å². The van der Waals surface area contributed by atoms with E-state index in [9.17, 15) is 4.39 Å². The lowest BCUT2D eigenvalue weighted by Gasteiger charge is -2.22. The molecule has 0 saturated carbocycles. The van der Waals surface area contributed by atoms with Gasteiger partial charge in [-0.3, -0.25) is 0 Å². The first kappa shape index (κ1) is 13.8. The number of nitrogens with one attached hydrogen (secondary N) is 1. The van der Waals surface area contributed by atoms with Crippen LogP contribution in [0.1, 0.15) is 42.6 Å². The zero-order valence-corrected chi connectivity index (χ0v) is 11.7. The van der Waals surface area contributed by atoms with Crippen LogP contribution in [0.15, 0.2) is 48.5 Å². The molecule has 0 fully saturated rings. The van der Waals surface area contributed by atoms with Crippen molar-refractivity contribution in [2.75, 3.05) is 0 Å². The molecule has 0 radical (unpaired) electrons. The maximum atomic E-state index is 13.2. The van der Waals surface area contributed by atoms with E-state index in [-0.39, 0.29) is 17.9 Å². The lowest BCUT2D eigenvalue weighted by atomic mass is 10.0. The Morgan fingerprint density at radius 3 is 2.37 bits per heavy atom. The molecule has 2 aromatic carbocycles. The van der Waals surface area contributed by atoms with Crippen LogP contribution in [0.3, 0.4) is 0 Å². The molecule has 0 amide bonds. The molecule has 0 bridgehead atoms. The second kappa shape index (κ2) is 5.98. The Labute approximate surface area is 114 Å². The van der Waals surface area contributed by atoms with Gasteiger partial charge >= 0.3 is 0 Å². The van der Waals surface area contributed by atoms with E-state index in [1.165, 1.54) is 17.2 Å². The van der Waals surface area contributed by atoms with E-state index in [1.54, 1.807) is 12.1 Å². The van der Waals surface area contributed by atoms with Gasteiger partial charge in [0.2, 0.25) is 0 Å². The Hall–Kier alpha value is -1.67. The number of hydrogen-bond donors (Lipinski definition) is 1. The van der Waals surface area contributed by atoms with Gasteiger partial charge in [-0.05, 0) is 49.6 Å². The average Bonchev–Trinajstić information content (AvgIpc) is 2.39. The van der Waals surface area contributed by atoms with Crippen LogP contribution >= 0.6 is 0 Å². The van der Waals surface area contributed by atoms with Crippen LogP contribution in [0, 0.1) is 12.7 Å². The molecule has 0 aliphatic carbocycles. The first-order valence-electron chi connectivity index (χ1n) is 6.65. The lowest BCUT2D eigenvalue weighted by Crippen LogP contribution is -2.23. The van der Waals surface area contributed by atoms with Gasteiger partial charge in [-0.15, -0.1) is 0 Å². The number of aryl methyl sites for hydroxylation is 1. The predicted octanol–water partition coefficient (Wildman–Crippen LogP) is 4.55. The number of benzene rings is 2. The van der Waals surface area contributed by atoms with Gasteiger partial charge < -0.3 is 5.32 Å². The van der Waals surface area contributed by atoms with Crippen LogP contribution in [0.25, 0.3) is 0 Å². The molecule has 1 N–H and O–H groups in total. The summed E-state index contributed by atoms with van der Waals surface area (Å²) >= 11 is 0. The van der Waals surface area contributed by atoms with E-state index in [0.717, 1.165) is 5.56 Å². The normalized spacial score (nSPS) is 14.1. The molecule has 0 aliphatic heterocycles. The summed E-state index contributed by atoms with van der Waals surface area (Å²) in [4.78, 5) is 0. The van der Waals surface area contributed by atoms with Gasteiger partial charge in [0.05, 0.1) is 0 Å². The Kier molecular flexibility index (Phi) is 4.33. The van der Waals surface area contributed by atoms with Crippen molar-refractivity contribution in [3.63, 3.8) is 0 Å². The van der Waals surface area contributed by atoms with Crippen LogP contribution in [-0.4, -0.2) is 0 Å². The molecule has 2 heteroatoms. The molecule has 2 rings (SSSR count). The lowest BCUT2D eigenvalue weighted by molar-refractivity contribution is 0.490. The maximum Gasteiger partial charge on any atom is 0.123 e. The van der Waals surface area contributed by atoms with Gasteiger partial charge in [0.15, 0.2) is 0 Å². The standard InChI is InChI=1S/C17H20FN/c1-12-7-4-5-10-17(12)14(3)19-13(2)15-8-6-9-16(18)11-15/h4-11,13-14,19H,1-3H3/t13-,14?/m1/s1. The van der Waals surface area contributed by atoms with Crippen molar-refractivity contribution >= 4 is 0 Å². The number of halogens is 1. The van der Waals surface area contributed by atoms with Crippen LogP contribution in [0.4, 0.5) is 4.39 Å². The van der Waals surface area contributed by atoms with Gasteiger partial charge in [0.1, 0.15) is 5.82 Å². The SMILES string of the molecule is Cc1ccccc1C(C)N[C@H](C)c1cccc(F)c1. The van der Waals surface area contributed by atoms with E-state index in [2.05, 4.69) is 38.2 Å². The van der Waals surface area contributed by atoms with Crippen molar-refractivity contribution in [1.82, 2.24) is 5.32 Å². The minimum absolute atomic E-state index is 0.116. The summed E-state index contributed by atoms with van der Waals surface area (Å²) < 4.78 is 13.2. The fourth-order valence-corrected chi connectivity index (χ4v) is 2.41. The highest BCUT2D eigenvalue weighted by Gasteiger charge is 2.12. The zero-order chi connectivity index (χ0) is 13.8. The van der Waals surface area contributed by atoms with Crippen molar-refractivity contribution in [3.8, 4) is 0 Å². The Morgan fingerprint density at radius 2 is 1.68 bits per heavy atom. The molecule has 1 unspecified atom stereocenters. The third kappa shape index (κ3) is 3.42. The molecule has 1 nitrogen and oxygen atoms in total. The minimum atomic E-state index is -0.185. The van der Waals surface area contributed by atoms with Crippen molar-refractivity contribution in [2.24, 2.45) is 0 Å². The largest absolute Gasteiger partial charge is 0.304 e. The summed E-state index contributed by atoms with van der Waals surface area (Å²) in [6.07, 6.45) is 0. The van der Waals surface area contributed by atoms with Crippen molar-refractivity contribution in [1.29, 1.82) is 0 Å². The molecule has 19 heavy (non-hydrogen) atoms. The summed E-state index contributed by atoms with van der Waals surface area (Å²) in [5.74, 6) is -0.185. The monoisotopic (exact) mass is 257 g/mol. The highest BCUT2D eigenvalue weighted by atomic mass is 19.1. The number of rotatable bonds is 4. The first-order valence-corrected chi connectivity index (χ1v) is 6.65. The van der Waals surface area contributed by atoms with Crippen molar-refractivity contribution in [3.05, 3.63) is 71.0 Å². The second-order valence-corrected chi connectivity index (χ2v) is 5.02. The van der Waals surface area contributed by atoms with Gasteiger partial charge in [-0.1, -0.05) is 36.4 Å². The van der Waals surface area contributed by atoms with E-state index in [0.29, 0.717) is 0 Å². The van der Waals surface area contributed by atoms with Gasteiger partial charge in [-0.2, -0.15) is 0 Å². The summed E-state index contributed by atoms with van der Waals surface area (Å²) in [5, 5.41) is 3.51. The van der Waals surface area contributed by atoms with Gasteiger partial charge in [-0.25, -0.2) is 4.39 Å². The van der Waals surface area contributed by atoms with Gasteiger partial charge in [0.25, 0.3) is 0 Å². The summed E-state index contributed by atoms with van der Waals surface area (Å²) in [6.45, 7) is 6.31. The molecule has 2 aromatic rings. The van der Waals surface area contributed by atoms with Crippen LogP contribution in [0.2, 0.25) is 0 Å². The summed E-state index contributed by atoms with van der Waals surface area (Å²) in [7, 11) is 0. The zero-order valence-electron chi connectivity index (χ0n) is 11.7. The maximum absolute atomic E-state index is 13.2. The fourth-order valence-electron chi connectivity index (χ4n) is 2.41. The molecule has 100 valence electrons. The minimum Gasteiger partial charge on any atom is -0.304 e. The fraction of sp³-hybridized carbons (Fsp3) is 0.294. The molecular formula is C17H20FN. The highest BCUT2D eigenvalue weighted by molar-refractivity contribution is 5.29. The first-order chi connectivity index (χ1) is 9.08. The molecule has 2 atom stereocenters. The molecule has 0 heterocycles. The topological polar surface area (TPSA) is 12.0 Å². The predicted molar refractivity (Wildman–Crippen MR) is 77.5 cm³/mol. The molecular weight excluding hydrogens is 237 g/mol. The smallest absolute Gasteiger partial charge is 0.123 e. The quantitative estimate of drug-likeness (QED) is 0.847. The van der Waals surface area contributed by atoms with Gasteiger partial charge in [0, 0.05) is 12.1 Å². The molecule has 0 saturated heterocycles. The second-order valence-electron chi connectivity index (χ2n) is 5.02. The van der Waals surface area contributed by atoms with E-state index in [4.69, 9.17) is 0 Å². The average molecular weight is 257 g/mol. The third-order valence-electron chi connectivity index (χ3n) is 3.50. The molecule has 0 aliphatic rings. The van der Waals surface area contributed by atoms with Crippen LogP contribution in [-0.2, 0) is 0 Å². The Bertz CT molecular complexity index is 550. The molecule has 0 spiro atoms. The molecule has 0 aromatic heterocycles. The number of hydrogen-bond acceptors (Lipinski definition) is 1. The van der Waals surface area contributed by atoms with Crippen LogP contribution < -0.4 is 5.32 Å². The van der Waals surface area contributed by atoms with E-state index >= 15 is 0 Å². The van der Waals surface area contributed by atoms with Crippen LogP contribution in [0.5, 0.6) is 0 Å². The Balaban J connectivity index is 2.11. The summed E-state index contributed by atoms with van der Waals surface area (Å²) in [5.41, 5.74) is 3.53. The Morgan fingerprint density at radius 1 is 0.947 bits per heavy atom. The third-order valence-corrected chi connectivity index (χ3v) is 3.50. The van der Waals surface area contributed by atoms with E-state index in [1.807, 2.05) is 18.2 Å². The van der Waals surface area contributed by atoms with E-state index < -0.39 is 0 Å². The highest BCUT2D eigenvalue weighted by Crippen LogP contribution is 2.22.